The average molecular weight is 430 g/mol. The van der Waals surface area contributed by atoms with Gasteiger partial charge < -0.3 is 19.8 Å². The number of rotatable bonds is 3. The van der Waals surface area contributed by atoms with Gasteiger partial charge in [-0.25, -0.2) is 4.79 Å². The Balaban J connectivity index is 0.000000806. The molecule has 0 spiro atoms. The third kappa shape index (κ3) is 3.42. The first-order chi connectivity index (χ1) is 14.3. The number of hydrogen-bond donors (Lipinski definition) is 2. The molecule has 6 nitrogen and oxygen atoms in total. The van der Waals surface area contributed by atoms with E-state index in [1.54, 1.807) is 25.6 Å². The Hall–Kier alpha value is -2.64. The van der Waals surface area contributed by atoms with E-state index in [9.17, 15) is 19.8 Å². The number of fused-ring (bicyclic) bond motifs is 3. The van der Waals surface area contributed by atoms with Gasteiger partial charge in [0.15, 0.2) is 0 Å². The second-order valence-corrected chi connectivity index (χ2v) is 8.66. The Kier molecular flexibility index (Phi) is 6.33. The highest BCUT2D eigenvalue weighted by Gasteiger charge is 2.57. The highest BCUT2D eigenvalue weighted by atomic mass is 32.1. The number of aliphatic carboxylic acids is 2. The number of ether oxygens (including phenoxy) is 1. The lowest BCUT2D eigenvalue weighted by molar-refractivity contribution is -0.150. The number of carboxylic acids is 2. The summed E-state index contributed by atoms with van der Waals surface area (Å²) in [5.74, 6) is -3.63. The molecule has 7 heteroatoms. The van der Waals surface area contributed by atoms with Gasteiger partial charge in [-0.1, -0.05) is 30.3 Å². The van der Waals surface area contributed by atoms with Crippen molar-refractivity contribution in [2.75, 3.05) is 20.8 Å². The van der Waals surface area contributed by atoms with Crippen molar-refractivity contribution in [3.63, 3.8) is 0 Å². The molecule has 0 fully saturated rings. The van der Waals surface area contributed by atoms with E-state index in [4.69, 9.17) is 0 Å². The number of nitrogens with zero attached hydrogens (tertiary/aromatic N) is 1. The lowest BCUT2D eigenvalue weighted by atomic mass is 9.64. The molecule has 2 aliphatic rings. The molecule has 3 heterocycles. The van der Waals surface area contributed by atoms with Crippen molar-refractivity contribution in [2.24, 2.45) is 5.92 Å². The maximum absolute atomic E-state index is 12.6. The zero-order chi connectivity index (χ0) is 22.1. The van der Waals surface area contributed by atoms with Gasteiger partial charge in [-0.05, 0) is 42.8 Å². The van der Waals surface area contributed by atoms with Crippen LogP contribution in [0.1, 0.15) is 35.8 Å². The molecule has 3 atom stereocenters. The molecule has 0 saturated carbocycles. The van der Waals surface area contributed by atoms with Crippen molar-refractivity contribution < 1.29 is 24.5 Å². The highest BCUT2D eigenvalue weighted by Crippen LogP contribution is 2.55. The first kappa shape index (κ1) is 22.1. The van der Waals surface area contributed by atoms with E-state index in [1.807, 2.05) is 54.5 Å². The maximum atomic E-state index is 12.6. The van der Waals surface area contributed by atoms with Gasteiger partial charge in [-0.3, -0.25) is 4.79 Å². The molecule has 30 heavy (non-hydrogen) atoms. The van der Waals surface area contributed by atoms with Crippen LogP contribution in [0.5, 0.6) is 0 Å². The summed E-state index contributed by atoms with van der Waals surface area (Å²) in [5, 5.41) is 22.3. The molecule has 1 aromatic heterocycles. The predicted molar refractivity (Wildman–Crippen MR) is 116 cm³/mol. The van der Waals surface area contributed by atoms with E-state index >= 15 is 0 Å². The third-order valence-corrected chi connectivity index (χ3v) is 7.25. The van der Waals surface area contributed by atoms with Gasteiger partial charge in [0, 0.05) is 37.3 Å². The number of methoxy groups -OCH3 is 1. The second kappa shape index (κ2) is 8.62. The minimum absolute atomic E-state index is 0.186. The number of thiophene rings is 1. The molecular formula is C23H27NO5S. The van der Waals surface area contributed by atoms with Crippen LogP contribution in [-0.4, -0.2) is 47.8 Å². The van der Waals surface area contributed by atoms with Crippen LogP contribution in [0.15, 0.2) is 53.0 Å². The Morgan fingerprint density at radius 1 is 1.17 bits per heavy atom. The molecule has 160 valence electrons. The lowest BCUT2D eigenvalue weighted by Gasteiger charge is -2.55. The van der Waals surface area contributed by atoms with Crippen molar-refractivity contribution >= 4 is 23.3 Å². The zero-order valence-electron chi connectivity index (χ0n) is 17.6. The minimum Gasteiger partial charge on any atom is -0.481 e. The van der Waals surface area contributed by atoms with E-state index in [-0.39, 0.29) is 5.57 Å². The summed E-state index contributed by atoms with van der Waals surface area (Å²) in [6.07, 6.45) is 0.793. The second-order valence-electron chi connectivity index (χ2n) is 7.74. The van der Waals surface area contributed by atoms with Gasteiger partial charge in [0.05, 0.1) is 17.0 Å². The zero-order valence-corrected chi connectivity index (χ0v) is 18.4. The fraction of sp³-hybridized carbons (Fsp3) is 0.391. The fourth-order valence-corrected chi connectivity index (χ4v) is 6.11. The molecule has 3 unspecified atom stereocenters. The summed E-state index contributed by atoms with van der Waals surface area (Å²) in [4.78, 5) is 27.8. The van der Waals surface area contributed by atoms with Crippen molar-refractivity contribution in [3.05, 3.63) is 69.1 Å². The standard InChI is InChI=1S/C21H21NO4S.C2H6O/c1-12-15(19(23)24)16(13-6-4-3-5-7-13)17(20(25)26)21(2)18-14(9-11-27-18)8-10-22(12)21;1-3-2/h3-7,9,11,16-17H,8,10H2,1-2H3,(H,23,24)(H,25,26);1-2H3. The van der Waals surface area contributed by atoms with E-state index in [2.05, 4.69) is 10.8 Å². The number of carboxylic acid groups (broad SMARTS) is 2. The molecule has 0 amide bonds. The summed E-state index contributed by atoms with van der Waals surface area (Å²) < 4.78 is 4.25. The summed E-state index contributed by atoms with van der Waals surface area (Å²) >= 11 is 1.56. The molecule has 0 saturated heterocycles. The first-order valence-electron chi connectivity index (χ1n) is 9.75. The predicted octanol–water partition coefficient (Wildman–Crippen LogP) is 3.94. The Bertz CT molecular complexity index is 967. The van der Waals surface area contributed by atoms with E-state index < -0.39 is 29.3 Å². The van der Waals surface area contributed by atoms with Crippen LogP contribution in [0.25, 0.3) is 0 Å². The van der Waals surface area contributed by atoms with Crippen molar-refractivity contribution in [1.29, 1.82) is 0 Å². The molecule has 2 aliphatic heterocycles. The largest absolute Gasteiger partial charge is 0.481 e. The normalized spacial score (nSPS) is 25.0. The lowest BCUT2D eigenvalue weighted by Crippen LogP contribution is -2.59. The Labute approximate surface area is 180 Å². The molecule has 0 bridgehead atoms. The van der Waals surface area contributed by atoms with Gasteiger partial charge in [0.25, 0.3) is 0 Å². The van der Waals surface area contributed by atoms with E-state index in [0.717, 1.165) is 16.9 Å². The molecular weight excluding hydrogens is 402 g/mol. The van der Waals surface area contributed by atoms with Crippen LogP contribution in [0.3, 0.4) is 0 Å². The number of hydrogen-bond acceptors (Lipinski definition) is 5. The molecule has 0 radical (unpaired) electrons. The fourth-order valence-electron chi connectivity index (χ4n) is 4.94. The SMILES string of the molecule is CC1=C(C(=O)O)C(c2ccccc2)C(C(=O)O)C2(C)c3sccc3CCN12.COC. The summed E-state index contributed by atoms with van der Waals surface area (Å²) in [6, 6.07) is 11.2. The van der Waals surface area contributed by atoms with Crippen molar-refractivity contribution in [3.8, 4) is 0 Å². The van der Waals surface area contributed by atoms with Gasteiger partial charge in [0.1, 0.15) is 0 Å². The summed E-state index contributed by atoms with van der Waals surface area (Å²) in [6.45, 7) is 4.39. The van der Waals surface area contributed by atoms with Gasteiger partial charge in [-0.15, -0.1) is 11.3 Å². The van der Waals surface area contributed by atoms with Crippen LogP contribution in [0.2, 0.25) is 0 Å². The maximum Gasteiger partial charge on any atom is 0.333 e. The van der Waals surface area contributed by atoms with Crippen LogP contribution in [0.4, 0.5) is 0 Å². The molecule has 2 aromatic rings. The molecule has 4 rings (SSSR count). The molecule has 2 N–H and O–H groups in total. The van der Waals surface area contributed by atoms with Gasteiger partial charge in [0.2, 0.25) is 0 Å². The average Bonchev–Trinajstić information content (AvgIpc) is 3.18. The van der Waals surface area contributed by atoms with Gasteiger partial charge in [-0.2, -0.15) is 0 Å². The number of carbonyl (C=O) groups is 2. The number of allylic oxidation sites excluding steroid dienone is 1. The summed E-state index contributed by atoms with van der Waals surface area (Å²) in [7, 11) is 3.25. The molecule has 0 aliphatic carbocycles. The van der Waals surface area contributed by atoms with Crippen LogP contribution in [-0.2, 0) is 26.3 Å². The van der Waals surface area contributed by atoms with Crippen molar-refractivity contribution in [1.82, 2.24) is 4.90 Å². The number of benzene rings is 1. The first-order valence-corrected chi connectivity index (χ1v) is 10.6. The highest BCUT2D eigenvalue weighted by molar-refractivity contribution is 7.10. The Morgan fingerprint density at radius 3 is 2.37 bits per heavy atom. The van der Waals surface area contributed by atoms with E-state index in [0.29, 0.717) is 12.2 Å². The monoisotopic (exact) mass is 429 g/mol. The quantitative estimate of drug-likeness (QED) is 0.769. The Morgan fingerprint density at radius 2 is 1.80 bits per heavy atom. The van der Waals surface area contributed by atoms with Gasteiger partial charge >= 0.3 is 11.9 Å². The topological polar surface area (TPSA) is 87.1 Å². The van der Waals surface area contributed by atoms with E-state index in [1.165, 1.54) is 5.56 Å². The third-order valence-electron chi connectivity index (χ3n) is 6.07. The van der Waals surface area contributed by atoms with Crippen LogP contribution >= 0.6 is 11.3 Å². The van der Waals surface area contributed by atoms with Crippen molar-refractivity contribution in [2.45, 2.75) is 31.7 Å². The minimum atomic E-state index is -1.05. The molecule has 1 aromatic carbocycles. The summed E-state index contributed by atoms with van der Waals surface area (Å²) in [5.41, 5.74) is 1.97. The van der Waals surface area contributed by atoms with Crippen LogP contribution < -0.4 is 0 Å². The smallest absolute Gasteiger partial charge is 0.333 e. The van der Waals surface area contributed by atoms with Crippen LogP contribution in [0, 0.1) is 5.92 Å².